The first-order chi connectivity index (χ1) is 23.3. The Labute approximate surface area is 285 Å². The van der Waals surface area contributed by atoms with Crippen LogP contribution in [0.2, 0.25) is 0 Å². The quantitative estimate of drug-likeness (QED) is 0.149. The van der Waals surface area contributed by atoms with Crippen LogP contribution in [-0.2, 0) is 16.1 Å². The highest BCUT2D eigenvalue weighted by Gasteiger charge is 2.29. The SMILES string of the molecule is COCCN(C)C(=O)c1cn(C(CC2CCN(C(=O)OCc3csc(C(C)C)n3)CC2)c2cnc[nH]2)cc1-c1cccc2ccccc12. The number of carbonyl (C=O) groups is 2. The molecule has 0 spiro atoms. The van der Waals surface area contributed by atoms with Crippen LogP contribution < -0.4 is 0 Å². The number of amides is 2. The van der Waals surface area contributed by atoms with Crippen LogP contribution >= 0.6 is 11.3 Å². The van der Waals surface area contributed by atoms with Crippen molar-refractivity contribution in [2.75, 3.05) is 40.4 Å². The summed E-state index contributed by atoms with van der Waals surface area (Å²) in [5, 5.41) is 5.24. The van der Waals surface area contributed by atoms with Gasteiger partial charge in [0.1, 0.15) is 6.61 Å². The van der Waals surface area contributed by atoms with Crippen molar-refractivity contribution in [1.82, 2.24) is 29.3 Å². The van der Waals surface area contributed by atoms with E-state index in [9.17, 15) is 9.59 Å². The summed E-state index contributed by atoms with van der Waals surface area (Å²) >= 11 is 1.60. The normalized spacial score (nSPS) is 14.5. The first-order valence-electron chi connectivity index (χ1n) is 16.6. The maximum Gasteiger partial charge on any atom is 0.410 e. The Morgan fingerprint density at radius 1 is 1.08 bits per heavy atom. The van der Waals surface area contributed by atoms with Crippen LogP contribution in [0, 0.1) is 5.92 Å². The summed E-state index contributed by atoms with van der Waals surface area (Å²) < 4.78 is 13.1. The molecule has 10 nitrogen and oxygen atoms in total. The Balaban J connectivity index is 1.22. The van der Waals surface area contributed by atoms with Gasteiger partial charge in [0.25, 0.3) is 5.91 Å². The lowest BCUT2D eigenvalue weighted by atomic mass is 9.89. The Hall–Kier alpha value is -4.48. The Bertz CT molecular complexity index is 1820. The summed E-state index contributed by atoms with van der Waals surface area (Å²) in [6.45, 7) is 6.62. The van der Waals surface area contributed by atoms with E-state index >= 15 is 0 Å². The number of aromatic nitrogens is 4. The van der Waals surface area contributed by atoms with Gasteiger partial charge in [-0.05, 0) is 41.5 Å². The van der Waals surface area contributed by atoms with Crippen molar-refractivity contribution >= 4 is 34.1 Å². The lowest BCUT2D eigenvalue weighted by molar-refractivity contribution is 0.0744. The number of imidazole rings is 1. The third kappa shape index (κ3) is 7.47. The van der Waals surface area contributed by atoms with Gasteiger partial charge < -0.3 is 28.8 Å². The predicted molar refractivity (Wildman–Crippen MR) is 188 cm³/mol. The van der Waals surface area contributed by atoms with Crippen molar-refractivity contribution in [3.8, 4) is 11.1 Å². The second-order valence-corrected chi connectivity index (χ2v) is 13.7. The predicted octanol–water partition coefficient (Wildman–Crippen LogP) is 7.36. The monoisotopic (exact) mass is 668 g/mol. The molecular formula is C37H44N6O4S. The maximum absolute atomic E-state index is 14.0. The number of hydrogen-bond donors (Lipinski definition) is 1. The van der Waals surface area contributed by atoms with Gasteiger partial charge in [0.2, 0.25) is 0 Å². The molecule has 1 saturated heterocycles. The van der Waals surface area contributed by atoms with Gasteiger partial charge in [-0.2, -0.15) is 0 Å². The molecule has 48 heavy (non-hydrogen) atoms. The zero-order valence-electron chi connectivity index (χ0n) is 28.1. The first kappa shape index (κ1) is 33.4. The molecule has 4 heterocycles. The van der Waals surface area contributed by atoms with Gasteiger partial charge in [0, 0.05) is 63.0 Å². The summed E-state index contributed by atoms with van der Waals surface area (Å²) in [6, 6.07) is 14.4. The van der Waals surface area contributed by atoms with Crippen molar-refractivity contribution in [2.45, 2.75) is 51.7 Å². The molecule has 0 radical (unpaired) electrons. The van der Waals surface area contributed by atoms with E-state index in [1.165, 1.54) is 0 Å². The summed E-state index contributed by atoms with van der Waals surface area (Å²) in [7, 11) is 3.46. The molecule has 1 aliphatic rings. The number of H-pyrrole nitrogens is 1. The number of nitrogens with zero attached hydrogens (tertiary/aromatic N) is 5. The van der Waals surface area contributed by atoms with Gasteiger partial charge in [0.05, 0.1) is 47.1 Å². The third-order valence-corrected chi connectivity index (χ3v) is 10.4. The number of likely N-dealkylation sites (tertiary alicyclic amines) is 1. The molecule has 5 aromatic rings. The average molecular weight is 669 g/mol. The number of benzene rings is 2. The maximum atomic E-state index is 14.0. The van der Waals surface area contributed by atoms with E-state index in [2.05, 4.69) is 63.8 Å². The minimum absolute atomic E-state index is 0.0537. The Kier molecular flexibility index (Phi) is 10.6. The number of nitrogens with one attached hydrogen (secondary N) is 1. The van der Waals surface area contributed by atoms with E-state index in [0.29, 0.717) is 43.6 Å². The van der Waals surface area contributed by atoms with Crippen molar-refractivity contribution in [1.29, 1.82) is 0 Å². The summed E-state index contributed by atoms with van der Waals surface area (Å²) in [5.41, 5.74) is 4.33. The van der Waals surface area contributed by atoms with Gasteiger partial charge in [-0.25, -0.2) is 14.8 Å². The molecule has 1 atom stereocenters. The number of carbonyl (C=O) groups excluding carboxylic acids is 2. The van der Waals surface area contributed by atoms with E-state index in [1.807, 2.05) is 43.0 Å². The Morgan fingerprint density at radius 3 is 2.60 bits per heavy atom. The topological polar surface area (TPSA) is 106 Å². The van der Waals surface area contributed by atoms with Crippen molar-refractivity contribution in [3.63, 3.8) is 0 Å². The van der Waals surface area contributed by atoms with E-state index in [4.69, 9.17) is 9.47 Å². The standard InChI is InChI=1S/C37H44N6O4S/c1-25(2)35-40-28(23-48-35)22-47-37(45)42-14-12-26(13-15-42)18-34(33-19-38-24-39-33)43-20-31(32(21-43)36(44)41(3)16-17-46-4)30-11-7-9-27-8-5-6-10-29(27)30/h5-11,19-21,23-26,34H,12-18,22H2,1-4H3,(H,38,39). The molecule has 2 amide bonds. The molecule has 6 rings (SSSR count). The largest absolute Gasteiger partial charge is 0.443 e. The number of aromatic amines is 1. The zero-order chi connectivity index (χ0) is 33.6. The Morgan fingerprint density at radius 2 is 1.88 bits per heavy atom. The number of piperidine rings is 1. The summed E-state index contributed by atoms with van der Waals surface area (Å²) in [5.74, 6) is 0.665. The van der Waals surface area contributed by atoms with E-state index in [1.54, 1.807) is 34.6 Å². The van der Waals surface area contributed by atoms with Gasteiger partial charge in [-0.15, -0.1) is 11.3 Å². The van der Waals surface area contributed by atoms with Crippen LogP contribution in [0.1, 0.15) is 71.8 Å². The van der Waals surface area contributed by atoms with E-state index in [0.717, 1.165) is 57.6 Å². The number of fused-ring (bicyclic) bond motifs is 1. The lowest BCUT2D eigenvalue weighted by Gasteiger charge is -2.33. The third-order valence-electron chi connectivity index (χ3n) is 9.21. The van der Waals surface area contributed by atoms with Gasteiger partial charge >= 0.3 is 6.09 Å². The second kappa shape index (κ2) is 15.2. The smallest absolute Gasteiger partial charge is 0.410 e. The number of hydrogen-bond acceptors (Lipinski definition) is 7. The lowest BCUT2D eigenvalue weighted by Crippen LogP contribution is -2.39. The molecule has 11 heteroatoms. The zero-order valence-corrected chi connectivity index (χ0v) is 28.9. The molecule has 1 fully saturated rings. The number of thiazole rings is 1. The van der Waals surface area contributed by atoms with Crippen LogP contribution in [0.4, 0.5) is 4.79 Å². The highest BCUT2D eigenvalue weighted by molar-refractivity contribution is 7.09. The molecule has 1 unspecified atom stereocenters. The highest BCUT2D eigenvalue weighted by Crippen LogP contribution is 2.37. The number of likely N-dealkylation sites (N-methyl/N-ethyl adjacent to an activating group) is 1. The first-order valence-corrected chi connectivity index (χ1v) is 17.5. The second-order valence-electron chi connectivity index (χ2n) is 12.9. The van der Waals surface area contributed by atoms with Gasteiger partial charge in [0.15, 0.2) is 0 Å². The van der Waals surface area contributed by atoms with Crippen LogP contribution in [0.3, 0.4) is 0 Å². The average Bonchev–Trinajstić information content (AvgIpc) is 3.90. The van der Waals surface area contributed by atoms with Crippen molar-refractivity contribution in [3.05, 3.63) is 94.7 Å². The molecule has 0 bridgehead atoms. The molecule has 0 aliphatic carbocycles. The van der Waals surface area contributed by atoms with Crippen LogP contribution in [0.15, 0.2) is 72.8 Å². The number of rotatable bonds is 12. The minimum atomic E-state index is -0.288. The van der Waals surface area contributed by atoms with E-state index < -0.39 is 0 Å². The van der Waals surface area contributed by atoms with Crippen LogP contribution in [-0.4, -0.2) is 81.7 Å². The fourth-order valence-electron chi connectivity index (χ4n) is 6.44. The molecular weight excluding hydrogens is 625 g/mol. The summed E-state index contributed by atoms with van der Waals surface area (Å²) in [6.07, 6.45) is 9.93. The number of methoxy groups -OCH3 is 1. The summed E-state index contributed by atoms with van der Waals surface area (Å²) in [4.78, 5) is 42.7. The highest BCUT2D eigenvalue weighted by atomic mass is 32.1. The molecule has 3 aromatic heterocycles. The van der Waals surface area contributed by atoms with Gasteiger partial charge in [-0.1, -0.05) is 56.3 Å². The molecule has 2 aromatic carbocycles. The molecule has 1 N–H and O–H groups in total. The number of ether oxygens (including phenoxy) is 2. The van der Waals surface area contributed by atoms with Crippen LogP contribution in [0.25, 0.3) is 21.9 Å². The van der Waals surface area contributed by atoms with Crippen LogP contribution in [0.5, 0.6) is 0 Å². The fraction of sp³-hybridized carbons (Fsp3) is 0.405. The van der Waals surface area contributed by atoms with Crippen molar-refractivity contribution in [2.24, 2.45) is 5.92 Å². The van der Waals surface area contributed by atoms with Gasteiger partial charge in [-0.3, -0.25) is 4.79 Å². The molecule has 252 valence electrons. The van der Waals surface area contributed by atoms with E-state index in [-0.39, 0.29) is 24.6 Å². The minimum Gasteiger partial charge on any atom is -0.443 e. The fourth-order valence-corrected chi connectivity index (χ4v) is 7.26. The van der Waals surface area contributed by atoms with Crippen molar-refractivity contribution < 1.29 is 19.1 Å². The molecule has 1 aliphatic heterocycles. The molecule has 0 saturated carbocycles.